The van der Waals surface area contributed by atoms with Crippen LogP contribution in [0.2, 0.25) is 0 Å². The molecule has 0 aliphatic carbocycles. The summed E-state index contributed by atoms with van der Waals surface area (Å²) in [7, 11) is 0. The second-order valence-corrected chi connectivity index (χ2v) is 4.78. The van der Waals surface area contributed by atoms with Gasteiger partial charge in [0.1, 0.15) is 0 Å². The van der Waals surface area contributed by atoms with E-state index < -0.39 is 0 Å². The van der Waals surface area contributed by atoms with E-state index in [9.17, 15) is 0 Å². The average molecular weight is 184 g/mol. The van der Waals surface area contributed by atoms with Gasteiger partial charge in [0.15, 0.2) is 0 Å². The van der Waals surface area contributed by atoms with Crippen molar-refractivity contribution in [2.45, 2.75) is 39.7 Å². The van der Waals surface area contributed by atoms with Crippen molar-refractivity contribution in [1.29, 1.82) is 0 Å². The van der Waals surface area contributed by atoms with Gasteiger partial charge in [-0.2, -0.15) is 0 Å². The van der Waals surface area contributed by atoms with Crippen LogP contribution in [-0.4, -0.2) is 30.6 Å². The molecule has 1 atom stereocenters. The molecule has 13 heavy (non-hydrogen) atoms. The van der Waals surface area contributed by atoms with Gasteiger partial charge in [0.25, 0.3) is 0 Å². The monoisotopic (exact) mass is 184 g/mol. The van der Waals surface area contributed by atoms with Crippen LogP contribution >= 0.6 is 0 Å². The second-order valence-electron chi connectivity index (χ2n) is 4.78. The fourth-order valence-corrected chi connectivity index (χ4v) is 1.93. The largest absolute Gasteiger partial charge is 0.326 e. The fraction of sp³-hybridized carbons (Fsp3) is 1.00. The predicted molar refractivity (Wildman–Crippen MR) is 57.7 cm³/mol. The number of rotatable bonds is 5. The van der Waals surface area contributed by atoms with Crippen molar-refractivity contribution in [3.63, 3.8) is 0 Å². The van der Waals surface area contributed by atoms with E-state index >= 15 is 0 Å². The molecule has 0 radical (unpaired) electrons. The van der Waals surface area contributed by atoms with E-state index in [0.717, 1.165) is 12.5 Å². The van der Waals surface area contributed by atoms with E-state index in [1.165, 1.54) is 25.9 Å². The minimum absolute atomic E-state index is 0.363. The normalized spacial score (nSPS) is 21.9. The highest BCUT2D eigenvalue weighted by atomic mass is 15.2. The topological polar surface area (TPSA) is 29.3 Å². The number of hydrogen-bond acceptors (Lipinski definition) is 2. The maximum absolute atomic E-state index is 6.00. The summed E-state index contributed by atoms with van der Waals surface area (Å²) in [5, 5.41) is 0. The second kappa shape index (κ2) is 4.97. The molecular formula is C11H24N2. The lowest BCUT2D eigenvalue weighted by molar-refractivity contribution is 0.0815. The Morgan fingerprint density at radius 1 is 1.38 bits per heavy atom. The molecule has 2 nitrogen and oxygen atoms in total. The fourth-order valence-electron chi connectivity index (χ4n) is 1.93. The van der Waals surface area contributed by atoms with Crippen molar-refractivity contribution in [2.75, 3.05) is 19.6 Å². The molecule has 1 unspecified atom stereocenters. The number of nitrogens with zero attached hydrogens (tertiary/aromatic N) is 1. The third kappa shape index (κ3) is 3.28. The van der Waals surface area contributed by atoms with Gasteiger partial charge in [0, 0.05) is 25.7 Å². The molecule has 1 rings (SSSR count). The lowest BCUT2D eigenvalue weighted by Crippen LogP contribution is -2.52. The first kappa shape index (κ1) is 11.0. The van der Waals surface area contributed by atoms with Crippen LogP contribution in [0.25, 0.3) is 0 Å². The Kier molecular flexibility index (Phi) is 4.20. The summed E-state index contributed by atoms with van der Waals surface area (Å²) >= 11 is 0. The molecule has 0 spiro atoms. The Morgan fingerprint density at radius 3 is 2.46 bits per heavy atom. The summed E-state index contributed by atoms with van der Waals surface area (Å²) in [6.07, 6.45) is 2.72. The van der Waals surface area contributed by atoms with Gasteiger partial charge in [-0.1, -0.05) is 27.2 Å². The van der Waals surface area contributed by atoms with Crippen molar-refractivity contribution in [3.05, 3.63) is 0 Å². The predicted octanol–water partition coefficient (Wildman–Crippen LogP) is 1.70. The Labute approximate surface area is 82.5 Å². The molecule has 1 aliphatic rings. The van der Waals surface area contributed by atoms with Crippen LogP contribution in [0.4, 0.5) is 0 Å². The molecule has 78 valence electrons. The first-order valence-electron chi connectivity index (χ1n) is 5.61. The van der Waals surface area contributed by atoms with E-state index in [2.05, 4.69) is 25.7 Å². The van der Waals surface area contributed by atoms with Crippen LogP contribution < -0.4 is 5.73 Å². The molecule has 0 aromatic carbocycles. The van der Waals surface area contributed by atoms with Gasteiger partial charge in [-0.3, -0.25) is 0 Å². The molecule has 2 heteroatoms. The standard InChI is InChI=1S/C11H24N2/c1-4-5-10-6-13(7-10)8-11(12)9(2)3/h9-11H,4-8,12H2,1-3H3. The molecule has 1 aliphatic heterocycles. The lowest BCUT2D eigenvalue weighted by atomic mass is 9.93. The molecule has 1 saturated heterocycles. The van der Waals surface area contributed by atoms with Crippen molar-refractivity contribution in [3.8, 4) is 0 Å². The van der Waals surface area contributed by atoms with E-state index in [0.29, 0.717) is 12.0 Å². The Balaban J connectivity index is 2.07. The van der Waals surface area contributed by atoms with Crippen LogP contribution in [0.3, 0.4) is 0 Å². The van der Waals surface area contributed by atoms with Crippen molar-refractivity contribution < 1.29 is 0 Å². The quantitative estimate of drug-likeness (QED) is 0.704. The van der Waals surface area contributed by atoms with E-state index in [4.69, 9.17) is 5.73 Å². The summed E-state index contributed by atoms with van der Waals surface area (Å²) in [4.78, 5) is 2.49. The third-order valence-corrected chi connectivity index (χ3v) is 3.06. The lowest BCUT2D eigenvalue weighted by Gasteiger charge is -2.41. The molecule has 1 fully saturated rings. The maximum atomic E-state index is 6.00. The average Bonchev–Trinajstić information content (AvgIpc) is 2.00. The van der Waals surface area contributed by atoms with Crippen LogP contribution in [0, 0.1) is 11.8 Å². The summed E-state index contributed by atoms with van der Waals surface area (Å²) in [6.45, 7) is 10.3. The Morgan fingerprint density at radius 2 is 2.00 bits per heavy atom. The molecule has 2 N–H and O–H groups in total. The van der Waals surface area contributed by atoms with Crippen molar-refractivity contribution in [1.82, 2.24) is 4.90 Å². The highest BCUT2D eigenvalue weighted by Gasteiger charge is 2.27. The van der Waals surface area contributed by atoms with Gasteiger partial charge in [-0.25, -0.2) is 0 Å². The van der Waals surface area contributed by atoms with E-state index in [1.807, 2.05) is 0 Å². The first-order chi connectivity index (χ1) is 6.13. The van der Waals surface area contributed by atoms with Gasteiger partial charge in [-0.05, 0) is 18.3 Å². The summed E-state index contributed by atoms with van der Waals surface area (Å²) in [5.41, 5.74) is 6.00. The zero-order chi connectivity index (χ0) is 9.84. The van der Waals surface area contributed by atoms with Crippen molar-refractivity contribution >= 4 is 0 Å². The molecule has 0 amide bonds. The van der Waals surface area contributed by atoms with Gasteiger partial charge in [0.2, 0.25) is 0 Å². The summed E-state index contributed by atoms with van der Waals surface area (Å²) in [6, 6.07) is 0.363. The van der Waals surface area contributed by atoms with Crippen LogP contribution in [0.1, 0.15) is 33.6 Å². The zero-order valence-electron chi connectivity index (χ0n) is 9.29. The molecule has 0 aromatic rings. The van der Waals surface area contributed by atoms with Gasteiger partial charge in [-0.15, -0.1) is 0 Å². The van der Waals surface area contributed by atoms with E-state index in [1.54, 1.807) is 0 Å². The highest BCUT2D eigenvalue weighted by molar-refractivity contribution is 4.82. The first-order valence-corrected chi connectivity index (χ1v) is 5.61. The van der Waals surface area contributed by atoms with E-state index in [-0.39, 0.29) is 0 Å². The van der Waals surface area contributed by atoms with Crippen LogP contribution in [0.5, 0.6) is 0 Å². The smallest absolute Gasteiger partial charge is 0.0191 e. The minimum Gasteiger partial charge on any atom is -0.326 e. The molecule has 0 bridgehead atoms. The summed E-state index contributed by atoms with van der Waals surface area (Å²) in [5.74, 6) is 1.58. The van der Waals surface area contributed by atoms with Gasteiger partial charge >= 0.3 is 0 Å². The summed E-state index contributed by atoms with van der Waals surface area (Å²) < 4.78 is 0. The third-order valence-electron chi connectivity index (χ3n) is 3.06. The highest BCUT2D eigenvalue weighted by Crippen LogP contribution is 2.20. The van der Waals surface area contributed by atoms with Crippen molar-refractivity contribution in [2.24, 2.45) is 17.6 Å². The SMILES string of the molecule is CCCC1CN(CC(N)C(C)C)C1. The molecular weight excluding hydrogens is 160 g/mol. The Bertz CT molecular complexity index is 139. The van der Waals surface area contributed by atoms with Gasteiger partial charge in [0.05, 0.1) is 0 Å². The van der Waals surface area contributed by atoms with Crippen LogP contribution in [0.15, 0.2) is 0 Å². The van der Waals surface area contributed by atoms with Gasteiger partial charge < -0.3 is 10.6 Å². The number of hydrogen-bond donors (Lipinski definition) is 1. The maximum Gasteiger partial charge on any atom is 0.0191 e. The Hall–Kier alpha value is -0.0800. The molecule has 0 aromatic heterocycles. The molecule has 1 heterocycles. The van der Waals surface area contributed by atoms with Crippen LogP contribution in [-0.2, 0) is 0 Å². The zero-order valence-corrected chi connectivity index (χ0v) is 9.29. The minimum atomic E-state index is 0.363. The number of nitrogens with two attached hydrogens (primary N) is 1. The number of likely N-dealkylation sites (tertiary alicyclic amines) is 1. The molecule has 0 saturated carbocycles.